The minimum absolute atomic E-state index is 0.0215. The van der Waals surface area contributed by atoms with Gasteiger partial charge in [0, 0.05) is 48.0 Å². The molecule has 146 valence electrons. The fourth-order valence-corrected chi connectivity index (χ4v) is 4.22. The van der Waals surface area contributed by atoms with Gasteiger partial charge in [-0.1, -0.05) is 12.1 Å². The second-order valence-electron chi connectivity index (χ2n) is 7.22. The quantitative estimate of drug-likeness (QED) is 0.688. The lowest BCUT2D eigenvalue weighted by atomic mass is 9.96. The van der Waals surface area contributed by atoms with Crippen molar-refractivity contribution in [2.24, 2.45) is 5.92 Å². The van der Waals surface area contributed by atoms with E-state index in [0.29, 0.717) is 0 Å². The molecule has 3 heterocycles. The zero-order valence-corrected chi connectivity index (χ0v) is 16.9. The second kappa shape index (κ2) is 8.67. The Hall–Kier alpha value is -2.51. The lowest BCUT2D eigenvalue weighted by molar-refractivity contribution is -0.121. The first-order valence-corrected chi connectivity index (χ1v) is 10.7. The first-order chi connectivity index (χ1) is 13.7. The number of benzene rings is 1. The van der Waals surface area contributed by atoms with Crippen molar-refractivity contribution >= 4 is 22.9 Å². The zero-order valence-electron chi connectivity index (χ0n) is 16.0. The number of likely N-dealkylation sites (tertiary alicyclic amines) is 1. The van der Waals surface area contributed by atoms with Crippen LogP contribution in [0.25, 0.3) is 11.3 Å². The molecule has 0 radical (unpaired) electrons. The molecule has 7 heteroatoms. The molecule has 1 aromatic carbocycles. The van der Waals surface area contributed by atoms with Gasteiger partial charge in [-0.3, -0.25) is 14.4 Å². The van der Waals surface area contributed by atoms with Gasteiger partial charge in [-0.05, 0) is 38.4 Å². The van der Waals surface area contributed by atoms with Crippen molar-refractivity contribution in [1.29, 1.82) is 0 Å². The molecule has 28 heavy (non-hydrogen) atoms. The molecule has 0 saturated carbocycles. The summed E-state index contributed by atoms with van der Waals surface area (Å²) in [6, 6.07) is 7.91. The number of carbonyl (C=O) groups is 1. The van der Waals surface area contributed by atoms with Gasteiger partial charge in [0.25, 0.3) is 0 Å². The number of aromatic nitrogens is 3. The summed E-state index contributed by atoms with van der Waals surface area (Å²) in [6.07, 6.45) is 6.00. The van der Waals surface area contributed by atoms with Gasteiger partial charge in [0.1, 0.15) is 0 Å². The summed E-state index contributed by atoms with van der Waals surface area (Å²) in [5.74, 6) is 0.128. The molecule has 1 atom stereocenters. The monoisotopic (exact) mass is 395 g/mol. The first-order valence-electron chi connectivity index (χ1n) is 9.74. The second-order valence-corrected chi connectivity index (χ2v) is 7.94. The Morgan fingerprint density at radius 2 is 2.18 bits per heavy atom. The normalized spacial score (nSPS) is 17.5. The van der Waals surface area contributed by atoms with Crippen molar-refractivity contribution in [3.05, 3.63) is 53.1 Å². The first kappa shape index (κ1) is 18.8. The molecule has 0 unspecified atom stereocenters. The lowest BCUT2D eigenvalue weighted by Crippen LogP contribution is -2.40. The number of hydrogen-bond donors (Lipinski definition) is 1. The molecule has 1 fully saturated rings. The van der Waals surface area contributed by atoms with E-state index in [0.717, 1.165) is 56.0 Å². The number of aryl methyl sites for hydroxylation is 1. The van der Waals surface area contributed by atoms with Gasteiger partial charge in [0.2, 0.25) is 5.91 Å². The average molecular weight is 396 g/mol. The van der Waals surface area contributed by atoms with Crippen LogP contribution in [0.4, 0.5) is 5.69 Å². The highest BCUT2D eigenvalue weighted by Gasteiger charge is 2.26. The number of amides is 1. The van der Waals surface area contributed by atoms with Crippen LogP contribution in [0.15, 0.2) is 47.5 Å². The molecule has 0 bridgehead atoms. The highest BCUT2D eigenvalue weighted by molar-refractivity contribution is 7.07. The third-order valence-electron chi connectivity index (χ3n) is 5.17. The SMILES string of the molecule is CCn1cc(CN2CCC[C@@H](C(=O)Nc3ccc(-c4cscn4)cc3)C2)cn1. The van der Waals surface area contributed by atoms with Crippen LogP contribution in [0, 0.1) is 5.92 Å². The van der Waals surface area contributed by atoms with E-state index in [4.69, 9.17) is 0 Å². The fraction of sp³-hybridized carbons (Fsp3) is 0.381. The number of carbonyl (C=O) groups excluding carboxylic acids is 1. The van der Waals surface area contributed by atoms with Gasteiger partial charge in [-0.2, -0.15) is 5.10 Å². The molecule has 3 aromatic rings. The predicted molar refractivity (Wildman–Crippen MR) is 112 cm³/mol. The van der Waals surface area contributed by atoms with Crippen LogP contribution in [0.2, 0.25) is 0 Å². The fourth-order valence-electron chi connectivity index (χ4n) is 3.66. The van der Waals surface area contributed by atoms with Crippen molar-refractivity contribution in [1.82, 2.24) is 19.7 Å². The van der Waals surface area contributed by atoms with E-state index in [-0.39, 0.29) is 11.8 Å². The molecular formula is C21H25N5OS. The van der Waals surface area contributed by atoms with Crippen LogP contribution >= 0.6 is 11.3 Å². The van der Waals surface area contributed by atoms with Gasteiger partial charge < -0.3 is 5.32 Å². The van der Waals surface area contributed by atoms with Crippen molar-refractivity contribution in [2.45, 2.75) is 32.9 Å². The van der Waals surface area contributed by atoms with Crippen LogP contribution in [0.5, 0.6) is 0 Å². The minimum atomic E-state index is 0.0215. The molecular weight excluding hydrogens is 370 g/mol. The number of rotatable bonds is 6. The molecule has 1 aliphatic rings. The minimum Gasteiger partial charge on any atom is -0.326 e. The van der Waals surface area contributed by atoms with E-state index >= 15 is 0 Å². The number of piperidine rings is 1. The lowest BCUT2D eigenvalue weighted by Gasteiger charge is -2.31. The molecule has 2 aromatic heterocycles. The molecule has 0 spiro atoms. The van der Waals surface area contributed by atoms with E-state index in [1.165, 1.54) is 5.56 Å². The number of nitrogens with one attached hydrogen (secondary N) is 1. The summed E-state index contributed by atoms with van der Waals surface area (Å²) < 4.78 is 1.94. The van der Waals surface area contributed by atoms with E-state index in [1.807, 2.05) is 46.0 Å². The summed E-state index contributed by atoms with van der Waals surface area (Å²) >= 11 is 1.58. The van der Waals surface area contributed by atoms with Crippen molar-refractivity contribution in [3.63, 3.8) is 0 Å². The van der Waals surface area contributed by atoms with Crippen LogP contribution in [0.3, 0.4) is 0 Å². The van der Waals surface area contributed by atoms with E-state index in [9.17, 15) is 4.79 Å². The summed E-state index contributed by atoms with van der Waals surface area (Å²) in [5.41, 5.74) is 5.91. The van der Waals surface area contributed by atoms with Gasteiger partial charge in [-0.25, -0.2) is 4.98 Å². The Balaban J connectivity index is 1.33. The Morgan fingerprint density at radius 3 is 2.89 bits per heavy atom. The topological polar surface area (TPSA) is 63.1 Å². The number of thiazole rings is 1. The average Bonchev–Trinajstić information content (AvgIpc) is 3.41. The summed E-state index contributed by atoms with van der Waals surface area (Å²) in [4.78, 5) is 19.4. The Bertz CT molecular complexity index is 903. The maximum Gasteiger partial charge on any atom is 0.228 e. The predicted octanol–water partition coefficient (Wildman–Crippen LogP) is 3.88. The zero-order chi connectivity index (χ0) is 19.3. The highest BCUT2D eigenvalue weighted by atomic mass is 32.1. The third-order valence-corrected chi connectivity index (χ3v) is 5.76. The standard InChI is InChI=1S/C21H25N5OS/c1-2-26-12-16(10-23-26)11-25-9-3-4-18(13-25)21(27)24-19-7-5-17(6-8-19)20-14-28-15-22-20/h5-8,10,12,14-15,18H,2-4,9,11,13H2,1H3,(H,24,27)/t18-/m1/s1. The highest BCUT2D eigenvalue weighted by Crippen LogP contribution is 2.23. The maximum atomic E-state index is 12.8. The molecule has 1 aliphatic heterocycles. The van der Waals surface area contributed by atoms with E-state index in [1.54, 1.807) is 11.3 Å². The van der Waals surface area contributed by atoms with E-state index < -0.39 is 0 Å². The van der Waals surface area contributed by atoms with Crippen molar-refractivity contribution < 1.29 is 4.79 Å². The van der Waals surface area contributed by atoms with Crippen molar-refractivity contribution in [3.8, 4) is 11.3 Å². The molecule has 0 aliphatic carbocycles. The smallest absolute Gasteiger partial charge is 0.228 e. The Morgan fingerprint density at radius 1 is 1.32 bits per heavy atom. The number of hydrogen-bond acceptors (Lipinski definition) is 5. The molecule has 6 nitrogen and oxygen atoms in total. The summed E-state index contributed by atoms with van der Waals surface area (Å²) in [5, 5.41) is 9.45. The van der Waals surface area contributed by atoms with E-state index in [2.05, 4.69) is 33.4 Å². The Labute approximate surface area is 169 Å². The molecule has 1 saturated heterocycles. The molecule has 1 amide bonds. The largest absolute Gasteiger partial charge is 0.326 e. The van der Waals surface area contributed by atoms with Gasteiger partial charge in [0.05, 0.1) is 23.3 Å². The molecule has 1 N–H and O–H groups in total. The maximum absolute atomic E-state index is 12.8. The van der Waals surface area contributed by atoms with Crippen LogP contribution < -0.4 is 5.32 Å². The van der Waals surface area contributed by atoms with Gasteiger partial charge >= 0.3 is 0 Å². The van der Waals surface area contributed by atoms with Gasteiger partial charge in [0.15, 0.2) is 0 Å². The number of anilines is 1. The van der Waals surface area contributed by atoms with Crippen LogP contribution in [-0.4, -0.2) is 38.7 Å². The number of nitrogens with zero attached hydrogens (tertiary/aromatic N) is 4. The van der Waals surface area contributed by atoms with Crippen LogP contribution in [0.1, 0.15) is 25.3 Å². The van der Waals surface area contributed by atoms with Crippen molar-refractivity contribution in [2.75, 3.05) is 18.4 Å². The molecule has 4 rings (SSSR count). The van der Waals surface area contributed by atoms with Gasteiger partial charge in [-0.15, -0.1) is 11.3 Å². The third kappa shape index (κ3) is 4.48. The summed E-state index contributed by atoms with van der Waals surface area (Å²) in [7, 11) is 0. The van der Waals surface area contributed by atoms with Crippen LogP contribution in [-0.2, 0) is 17.9 Å². The Kier molecular flexibility index (Phi) is 5.83. The summed E-state index contributed by atoms with van der Waals surface area (Å²) in [6.45, 7) is 5.64.